The zero-order valence-electron chi connectivity index (χ0n) is 14.3. The summed E-state index contributed by atoms with van der Waals surface area (Å²) in [6, 6.07) is 10.7. The summed E-state index contributed by atoms with van der Waals surface area (Å²) in [5.41, 5.74) is 3.69. The molecule has 26 heavy (non-hydrogen) atoms. The first kappa shape index (κ1) is 17.7. The Kier molecular flexibility index (Phi) is 5.34. The predicted octanol–water partition coefficient (Wildman–Crippen LogP) is 2.77. The number of H-pyrrole nitrogens is 1. The minimum Gasteiger partial charge on any atom is -0.489 e. The van der Waals surface area contributed by atoms with Crippen LogP contribution in [0.1, 0.15) is 27.0 Å². The topological polar surface area (TPSA) is 88.6 Å². The fourth-order valence-corrected chi connectivity index (χ4v) is 2.82. The van der Waals surface area contributed by atoms with E-state index >= 15 is 0 Å². The maximum absolute atomic E-state index is 11.5. The number of nitrogens with one attached hydrogen (secondary N) is 1. The Morgan fingerprint density at radius 1 is 1.19 bits per heavy atom. The number of benzene rings is 2. The first-order valence-corrected chi connectivity index (χ1v) is 8.11. The molecule has 0 unspecified atom stereocenters. The Labute approximate surface area is 150 Å². The number of rotatable bonds is 7. The lowest BCUT2D eigenvalue weighted by molar-refractivity contribution is -0.139. The Morgan fingerprint density at radius 3 is 2.73 bits per heavy atom. The maximum atomic E-state index is 11.5. The molecule has 0 bridgehead atoms. The molecular weight excluding hydrogens is 334 g/mol. The van der Waals surface area contributed by atoms with Gasteiger partial charge < -0.3 is 19.6 Å². The standard InChI is InChI=1S/C20H19NO5/c1-25-20(24)7-16-9-21-19-3-2-17(8-18(16)19)26-12-15-5-13(10-22)4-14(6-15)11-23/h2-6,8-10,21,23H,7,11-12H2,1H3. The Bertz CT molecular complexity index is 945. The normalized spacial score (nSPS) is 10.7. The zero-order chi connectivity index (χ0) is 18.5. The third-order valence-electron chi connectivity index (χ3n) is 4.10. The molecule has 6 heteroatoms. The second kappa shape index (κ2) is 7.84. The van der Waals surface area contributed by atoms with Crippen molar-refractivity contribution in [2.24, 2.45) is 0 Å². The van der Waals surface area contributed by atoms with Gasteiger partial charge in [-0.3, -0.25) is 9.59 Å². The van der Waals surface area contributed by atoms with E-state index in [0.29, 0.717) is 16.9 Å². The largest absolute Gasteiger partial charge is 0.489 e. The lowest BCUT2D eigenvalue weighted by Crippen LogP contribution is -2.03. The van der Waals surface area contributed by atoms with Crippen molar-refractivity contribution in [3.63, 3.8) is 0 Å². The number of esters is 1. The van der Waals surface area contributed by atoms with Crippen LogP contribution in [0.25, 0.3) is 10.9 Å². The first-order chi connectivity index (χ1) is 12.6. The van der Waals surface area contributed by atoms with Crippen LogP contribution in [0.5, 0.6) is 5.75 Å². The molecule has 6 nitrogen and oxygen atoms in total. The molecule has 134 valence electrons. The van der Waals surface area contributed by atoms with Gasteiger partial charge in [-0.15, -0.1) is 0 Å². The summed E-state index contributed by atoms with van der Waals surface area (Å²) in [6.07, 6.45) is 2.71. The lowest BCUT2D eigenvalue weighted by Gasteiger charge is -2.09. The molecule has 3 aromatic rings. The number of aliphatic hydroxyl groups excluding tert-OH is 1. The molecule has 0 aliphatic heterocycles. The summed E-state index contributed by atoms with van der Waals surface area (Å²) >= 11 is 0. The van der Waals surface area contributed by atoms with E-state index in [0.717, 1.165) is 28.3 Å². The Hall–Kier alpha value is -3.12. The third-order valence-corrected chi connectivity index (χ3v) is 4.10. The second-order valence-electron chi connectivity index (χ2n) is 5.92. The van der Waals surface area contributed by atoms with Crippen molar-refractivity contribution >= 4 is 23.2 Å². The minimum absolute atomic E-state index is 0.138. The van der Waals surface area contributed by atoms with Crippen LogP contribution >= 0.6 is 0 Å². The summed E-state index contributed by atoms with van der Waals surface area (Å²) in [4.78, 5) is 25.6. The zero-order valence-corrected chi connectivity index (χ0v) is 14.3. The van der Waals surface area contributed by atoms with Crippen LogP contribution in [0.2, 0.25) is 0 Å². The Balaban J connectivity index is 1.80. The van der Waals surface area contributed by atoms with E-state index in [9.17, 15) is 14.7 Å². The van der Waals surface area contributed by atoms with Gasteiger partial charge in [-0.25, -0.2) is 0 Å². The van der Waals surface area contributed by atoms with Gasteiger partial charge in [0.2, 0.25) is 0 Å². The predicted molar refractivity (Wildman–Crippen MR) is 96.1 cm³/mol. The molecule has 1 aromatic heterocycles. The van der Waals surface area contributed by atoms with Crippen LogP contribution in [-0.4, -0.2) is 29.5 Å². The van der Waals surface area contributed by atoms with Crippen molar-refractivity contribution in [2.75, 3.05) is 7.11 Å². The van der Waals surface area contributed by atoms with Crippen molar-refractivity contribution < 1.29 is 24.2 Å². The molecule has 0 saturated carbocycles. The van der Waals surface area contributed by atoms with Gasteiger partial charge in [0, 0.05) is 22.7 Å². The van der Waals surface area contributed by atoms with Gasteiger partial charge in [0.15, 0.2) is 0 Å². The summed E-state index contributed by atoms with van der Waals surface area (Å²) in [7, 11) is 1.36. The summed E-state index contributed by atoms with van der Waals surface area (Å²) in [6.45, 7) is 0.123. The van der Waals surface area contributed by atoms with Crippen LogP contribution in [0.4, 0.5) is 0 Å². The van der Waals surface area contributed by atoms with Crippen LogP contribution in [0, 0.1) is 0 Å². The molecule has 3 rings (SSSR count). The summed E-state index contributed by atoms with van der Waals surface area (Å²) < 4.78 is 10.5. The van der Waals surface area contributed by atoms with Crippen LogP contribution in [-0.2, 0) is 29.2 Å². The van der Waals surface area contributed by atoms with Gasteiger partial charge in [0.05, 0.1) is 20.1 Å². The fourth-order valence-electron chi connectivity index (χ4n) is 2.82. The van der Waals surface area contributed by atoms with Gasteiger partial charge in [-0.2, -0.15) is 0 Å². The molecule has 0 spiro atoms. The summed E-state index contributed by atoms with van der Waals surface area (Å²) in [5, 5.41) is 10.2. The lowest BCUT2D eigenvalue weighted by atomic mass is 10.1. The van der Waals surface area contributed by atoms with Crippen LogP contribution in [0.3, 0.4) is 0 Å². The van der Waals surface area contributed by atoms with Crippen molar-refractivity contribution in [2.45, 2.75) is 19.6 Å². The minimum atomic E-state index is -0.306. The SMILES string of the molecule is COC(=O)Cc1c[nH]c2ccc(OCc3cc(C=O)cc(CO)c3)cc12. The molecule has 0 aliphatic carbocycles. The van der Waals surface area contributed by atoms with Gasteiger partial charge in [0.25, 0.3) is 0 Å². The first-order valence-electron chi connectivity index (χ1n) is 8.11. The van der Waals surface area contributed by atoms with Crippen molar-refractivity contribution in [1.29, 1.82) is 0 Å². The molecule has 0 radical (unpaired) electrons. The number of hydrogen-bond acceptors (Lipinski definition) is 5. The summed E-state index contributed by atoms with van der Waals surface area (Å²) in [5.74, 6) is 0.338. The van der Waals surface area contributed by atoms with Crippen molar-refractivity contribution in [1.82, 2.24) is 4.98 Å². The smallest absolute Gasteiger partial charge is 0.310 e. The number of hydrogen-bond donors (Lipinski definition) is 2. The number of fused-ring (bicyclic) bond motifs is 1. The highest BCUT2D eigenvalue weighted by molar-refractivity contribution is 5.88. The number of carbonyl (C=O) groups is 2. The third kappa shape index (κ3) is 3.92. The monoisotopic (exact) mass is 353 g/mol. The number of methoxy groups -OCH3 is 1. The number of aliphatic hydroxyl groups is 1. The molecule has 0 atom stereocenters. The van der Waals surface area contributed by atoms with Crippen molar-refractivity contribution in [3.05, 3.63) is 64.8 Å². The quantitative estimate of drug-likeness (QED) is 0.504. The fraction of sp³-hybridized carbons (Fsp3) is 0.200. The van der Waals surface area contributed by atoms with Crippen LogP contribution in [0.15, 0.2) is 42.6 Å². The van der Waals surface area contributed by atoms with Crippen molar-refractivity contribution in [3.8, 4) is 5.75 Å². The van der Waals surface area contributed by atoms with E-state index in [2.05, 4.69) is 4.98 Å². The molecule has 0 saturated heterocycles. The second-order valence-corrected chi connectivity index (χ2v) is 5.92. The molecule has 0 fully saturated rings. The molecule has 0 amide bonds. The van der Waals surface area contributed by atoms with Gasteiger partial charge >= 0.3 is 5.97 Å². The number of aldehydes is 1. The molecule has 0 aliphatic rings. The highest BCUT2D eigenvalue weighted by Gasteiger charge is 2.10. The van der Waals surface area contributed by atoms with Crippen LogP contribution < -0.4 is 4.74 Å². The van der Waals surface area contributed by atoms with E-state index in [4.69, 9.17) is 9.47 Å². The molecule has 2 aromatic carbocycles. The van der Waals surface area contributed by atoms with E-state index in [1.165, 1.54) is 7.11 Å². The highest BCUT2D eigenvalue weighted by atomic mass is 16.5. The number of ether oxygens (including phenoxy) is 2. The number of aromatic amines is 1. The highest BCUT2D eigenvalue weighted by Crippen LogP contribution is 2.25. The van der Waals surface area contributed by atoms with E-state index in [1.807, 2.05) is 18.2 Å². The number of aromatic nitrogens is 1. The number of carbonyl (C=O) groups excluding carboxylic acids is 2. The van der Waals surface area contributed by atoms with Gasteiger partial charge in [0.1, 0.15) is 18.6 Å². The van der Waals surface area contributed by atoms with E-state index in [-0.39, 0.29) is 25.6 Å². The maximum Gasteiger partial charge on any atom is 0.310 e. The van der Waals surface area contributed by atoms with Gasteiger partial charge in [-0.05, 0) is 47.0 Å². The molecular formula is C20H19NO5. The van der Waals surface area contributed by atoms with Gasteiger partial charge in [-0.1, -0.05) is 6.07 Å². The average molecular weight is 353 g/mol. The molecule has 2 N–H and O–H groups in total. The van der Waals surface area contributed by atoms with E-state index in [1.54, 1.807) is 24.4 Å². The average Bonchev–Trinajstić information content (AvgIpc) is 3.07. The molecule has 1 heterocycles. The Morgan fingerprint density at radius 2 is 2.00 bits per heavy atom. The van der Waals surface area contributed by atoms with E-state index < -0.39 is 0 Å².